The van der Waals surface area contributed by atoms with E-state index in [9.17, 15) is 5.11 Å². The Hall–Kier alpha value is -1.36. The first-order valence-corrected chi connectivity index (χ1v) is 6.19. The lowest BCUT2D eigenvalue weighted by molar-refractivity contribution is 0.219. The molecule has 0 atom stereocenters. The number of anilines is 2. The summed E-state index contributed by atoms with van der Waals surface area (Å²) in [4.78, 5) is 8.31. The van der Waals surface area contributed by atoms with E-state index in [0.29, 0.717) is 0 Å². The molecule has 2 rings (SSSR count). The summed E-state index contributed by atoms with van der Waals surface area (Å²) in [5, 5.41) is 15.7. The van der Waals surface area contributed by atoms with E-state index in [-0.39, 0.29) is 12.0 Å². The van der Waals surface area contributed by atoms with Crippen LogP contribution in [-0.2, 0) is 0 Å². The molecule has 3 N–H and O–H groups in total. The van der Waals surface area contributed by atoms with Gasteiger partial charge in [-0.15, -0.1) is 0 Å². The van der Waals surface area contributed by atoms with Crippen LogP contribution >= 0.6 is 0 Å². The molecule has 0 radical (unpaired) electrons. The van der Waals surface area contributed by atoms with E-state index in [4.69, 9.17) is 0 Å². The van der Waals surface area contributed by atoms with Crippen molar-refractivity contribution in [3.05, 3.63) is 12.4 Å². The predicted octanol–water partition coefficient (Wildman–Crippen LogP) is 1.48. The van der Waals surface area contributed by atoms with E-state index in [1.165, 1.54) is 0 Å². The number of hydrogen-bond donors (Lipinski definition) is 3. The number of aromatic nitrogens is 2. The van der Waals surface area contributed by atoms with Crippen molar-refractivity contribution in [1.82, 2.24) is 9.97 Å². The van der Waals surface area contributed by atoms with Gasteiger partial charge < -0.3 is 15.7 Å². The molecule has 1 heterocycles. The number of hydrogen-bond acceptors (Lipinski definition) is 5. The summed E-state index contributed by atoms with van der Waals surface area (Å²) in [5.41, 5.74) is 0.0992. The van der Waals surface area contributed by atoms with Crippen LogP contribution in [0.1, 0.15) is 26.2 Å². The fourth-order valence-electron chi connectivity index (χ4n) is 1.65. The van der Waals surface area contributed by atoms with Crippen LogP contribution in [0.15, 0.2) is 12.4 Å². The van der Waals surface area contributed by atoms with Gasteiger partial charge in [-0.1, -0.05) is 6.92 Å². The van der Waals surface area contributed by atoms with Crippen LogP contribution in [0.2, 0.25) is 0 Å². The van der Waals surface area contributed by atoms with Crippen LogP contribution in [0.25, 0.3) is 0 Å². The summed E-state index contributed by atoms with van der Waals surface area (Å²) in [5.74, 6) is 1.66. The number of nitrogens with one attached hydrogen (secondary N) is 2. The molecule has 1 fully saturated rings. The predicted molar refractivity (Wildman–Crippen MR) is 68.1 cm³/mol. The Morgan fingerprint density at radius 1 is 1.29 bits per heavy atom. The van der Waals surface area contributed by atoms with Gasteiger partial charge in [0, 0.05) is 24.6 Å². The molecule has 1 aromatic rings. The maximum absolute atomic E-state index is 9.22. The fourth-order valence-corrected chi connectivity index (χ4v) is 1.65. The first-order chi connectivity index (χ1) is 8.28. The zero-order chi connectivity index (χ0) is 12.1. The molecule has 0 amide bonds. The Morgan fingerprint density at radius 3 is 2.59 bits per heavy atom. The lowest BCUT2D eigenvalue weighted by atomic mass is 10.1. The number of nitrogens with zero attached hydrogens (tertiary/aromatic N) is 2. The molecule has 17 heavy (non-hydrogen) atoms. The maximum Gasteiger partial charge on any atom is 0.131 e. The van der Waals surface area contributed by atoms with Gasteiger partial charge in [-0.2, -0.15) is 0 Å². The lowest BCUT2D eigenvalue weighted by Gasteiger charge is -2.13. The van der Waals surface area contributed by atoms with E-state index in [0.717, 1.165) is 44.0 Å². The molecule has 1 aliphatic carbocycles. The second kappa shape index (κ2) is 5.31. The van der Waals surface area contributed by atoms with Gasteiger partial charge >= 0.3 is 0 Å². The molecule has 1 aliphatic rings. The minimum atomic E-state index is 0.0992. The number of aliphatic hydroxyl groups is 1. The first kappa shape index (κ1) is 12.1. The first-order valence-electron chi connectivity index (χ1n) is 6.19. The number of aliphatic hydroxyl groups excluding tert-OH is 1. The van der Waals surface area contributed by atoms with Crippen LogP contribution in [0.4, 0.5) is 11.6 Å². The smallest absolute Gasteiger partial charge is 0.131 e. The topological polar surface area (TPSA) is 70.1 Å². The Labute approximate surface area is 102 Å². The molecule has 0 aromatic carbocycles. The van der Waals surface area contributed by atoms with Gasteiger partial charge in [-0.25, -0.2) is 9.97 Å². The second-order valence-electron chi connectivity index (χ2n) is 4.73. The summed E-state index contributed by atoms with van der Waals surface area (Å²) in [6.07, 6.45) is 4.82. The van der Waals surface area contributed by atoms with Crippen LogP contribution in [-0.4, -0.2) is 34.8 Å². The Kier molecular flexibility index (Phi) is 3.78. The van der Waals surface area contributed by atoms with Gasteiger partial charge in [0.05, 0.1) is 6.61 Å². The highest BCUT2D eigenvalue weighted by molar-refractivity contribution is 5.46. The second-order valence-corrected chi connectivity index (χ2v) is 4.73. The largest absolute Gasteiger partial charge is 0.396 e. The zero-order valence-corrected chi connectivity index (χ0v) is 10.2. The van der Waals surface area contributed by atoms with Crippen molar-refractivity contribution in [3.8, 4) is 0 Å². The van der Waals surface area contributed by atoms with E-state index in [1.54, 1.807) is 6.33 Å². The van der Waals surface area contributed by atoms with Gasteiger partial charge in [-0.3, -0.25) is 0 Å². The van der Waals surface area contributed by atoms with E-state index in [2.05, 4.69) is 27.5 Å². The van der Waals surface area contributed by atoms with Crippen molar-refractivity contribution in [2.45, 2.75) is 26.2 Å². The number of rotatable bonds is 7. The molecule has 1 saturated carbocycles. The summed E-state index contributed by atoms with van der Waals surface area (Å²) >= 11 is 0. The summed E-state index contributed by atoms with van der Waals surface area (Å²) < 4.78 is 0. The molecule has 5 nitrogen and oxygen atoms in total. The molecule has 1 aromatic heterocycles. The van der Waals surface area contributed by atoms with Gasteiger partial charge in [0.15, 0.2) is 0 Å². The molecule has 94 valence electrons. The highest BCUT2D eigenvalue weighted by Crippen LogP contribution is 2.44. The summed E-state index contributed by atoms with van der Waals surface area (Å²) in [6, 6.07) is 1.91. The SMILES string of the molecule is CCCNc1cc(NCC2(CO)CC2)ncn1. The molecule has 0 unspecified atom stereocenters. The monoisotopic (exact) mass is 236 g/mol. The van der Waals surface area contributed by atoms with E-state index in [1.807, 2.05) is 6.07 Å². The zero-order valence-electron chi connectivity index (χ0n) is 10.2. The van der Waals surface area contributed by atoms with Gasteiger partial charge in [-0.05, 0) is 19.3 Å². The van der Waals surface area contributed by atoms with Gasteiger partial charge in [0.2, 0.25) is 0 Å². The minimum Gasteiger partial charge on any atom is -0.396 e. The van der Waals surface area contributed by atoms with E-state index >= 15 is 0 Å². The average Bonchev–Trinajstić information content (AvgIpc) is 3.15. The highest BCUT2D eigenvalue weighted by Gasteiger charge is 2.41. The summed E-state index contributed by atoms with van der Waals surface area (Å²) in [6.45, 7) is 4.07. The van der Waals surface area contributed by atoms with Gasteiger partial charge in [0.1, 0.15) is 18.0 Å². The molecular weight excluding hydrogens is 216 g/mol. The van der Waals surface area contributed by atoms with Crippen LogP contribution < -0.4 is 10.6 Å². The van der Waals surface area contributed by atoms with Crippen molar-refractivity contribution in [2.24, 2.45) is 5.41 Å². The lowest BCUT2D eigenvalue weighted by Crippen LogP contribution is -2.19. The van der Waals surface area contributed by atoms with Crippen molar-refractivity contribution >= 4 is 11.6 Å². The highest BCUT2D eigenvalue weighted by atomic mass is 16.3. The van der Waals surface area contributed by atoms with Crippen LogP contribution in [0, 0.1) is 5.41 Å². The van der Waals surface area contributed by atoms with Crippen molar-refractivity contribution in [2.75, 3.05) is 30.3 Å². The average molecular weight is 236 g/mol. The van der Waals surface area contributed by atoms with E-state index < -0.39 is 0 Å². The van der Waals surface area contributed by atoms with Crippen molar-refractivity contribution < 1.29 is 5.11 Å². The van der Waals surface area contributed by atoms with Crippen LogP contribution in [0.5, 0.6) is 0 Å². The standard InChI is InChI=1S/C12H20N4O/c1-2-5-13-10-6-11(16-9-15-10)14-7-12(8-17)3-4-12/h6,9,17H,2-5,7-8H2,1H3,(H2,13,14,15,16). The molecule has 0 saturated heterocycles. The van der Waals surface area contributed by atoms with Crippen molar-refractivity contribution in [1.29, 1.82) is 0 Å². The molecule has 0 aliphatic heterocycles. The Bertz CT molecular complexity index is 365. The minimum absolute atomic E-state index is 0.0992. The Balaban J connectivity index is 1.87. The Morgan fingerprint density at radius 2 is 2.00 bits per heavy atom. The maximum atomic E-state index is 9.22. The molecule has 0 spiro atoms. The van der Waals surface area contributed by atoms with Gasteiger partial charge in [0.25, 0.3) is 0 Å². The fraction of sp³-hybridized carbons (Fsp3) is 0.667. The molecular formula is C12H20N4O. The third-order valence-corrected chi connectivity index (χ3v) is 3.16. The third-order valence-electron chi connectivity index (χ3n) is 3.16. The quantitative estimate of drug-likeness (QED) is 0.669. The summed E-state index contributed by atoms with van der Waals surface area (Å²) in [7, 11) is 0. The van der Waals surface area contributed by atoms with Crippen molar-refractivity contribution in [3.63, 3.8) is 0 Å². The molecule has 5 heteroatoms. The van der Waals surface area contributed by atoms with Crippen LogP contribution in [0.3, 0.4) is 0 Å². The molecule has 0 bridgehead atoms. The normalized spacial score (nSPS) is 16.6. The third kappa shape index (κ3) is 3.30.